The zero-order valence-corrected chi connectivity index (χ0v) is 12.5. The van der Waals surface area contributed by atoms with Gasteiger partial charge < -0.3 is 10.0 Å². The van der Waals surface area contributed by atoms with Gasteiger partial charge in [0.05, 0.1) is 5.56 Å². The second-order valence-electron chi connectivity index (χ2n) is 4.80. The third-order valence-electron chi connectivity index (χ3n) is 3.45. The lowest BCUT2D eigenvalue weighted by Crippen LogP contribution is -2.36. The highest BCUT2D eigenvalue weighted by atomic mass is 19.1. The molecule has 0 saturated heterocycles. The van der Waals surface area contributed by atoms with Crippen LogP contribution in [0.25, 0.3) is 6.08 Å². The van der Waals surface area contributed by atoms with Crippen LogP contribution in [0.2, 0.25) is 0 Å². The van der Waals surface area contributed by atoms with Crippen LogP contribution < -0.4 is 0 Å². The van der Waals surface area contributed by atoms with E-state index in [2.05, 4.69) is 0 Å². The van der Waals surface area contributed by atoms with Gasteiger partial charge in [-0.2, -0.15) is 0 Å². The fourth-order valence-corrected chi connectivity index (χ4v) is 2.17. The predicted octanol–water partition coefficient (Wildman–Crippen LogP) is 3.18. The van der Waals surface area contributed by atoms with Gasteiger partial charge in [-0.15, -0.1) is 0 Å². The summed E-state index contributed by atoms with van der Waals surface area (Å²) in [5, 5.41) is 8.60. The molecule has 0 bridgehead atoms. The van der Waals surface area contributed by atoms with Gasteiger partial charge >= 0.3 is 5.97 Å². The van der Waals surface area contributed by atoms with E-state index in [4.69, 9.17) is 5.11 Å². The van der Waals surface area contributed by atoms with Crippen LogP contribution in [0.4, 0.5) is 4.39 Å². The molecule has 0 saturated carbocycles. The van der Waals surface area contributed by atoms with Gasteiger partial charge in [-0.3, -0.25) is 4.79 Å². The maximum absolute atomic E-state index is 13.9. The van der Waals surface area contributed by atoms with Gasteiger partial charge in [0.2, 0.25) is 0 Å². The fraction of sp³-hybridized carbons (Fsp3) is 0.375. The quantitative estimate of drug-likeness (QED) is 0.819. The van der Waals surface area contributed by atoms with Gasteiger partial charge in [0.1, 0.15) is 5.82 Å². The molecule has 21 heavy (non-hydrogen) atoms. The Morgan fingerprint density at radius 2 is 1.95 bits per heavy atom. The van der Waals surface area contributed by atoms with Crippen LogP contribution >= 0.6 is 0 Å². The number of carbonyl (C=O) groups excluding carboxylic acids is 1. The number of hydrogen-bond donors (Lipinski definition) is 1. The Morgan fingerprint density at radius 3 is 2.48 bits per heavy atom. The van der Waals surface area contributed by atoms with Gasteiger partial charge in [0.15, 0.2) is 0 Å². The van der Waals surface area contributed by atoms with Crippen molar-refractivity contribution in [1.82, 2.24) is 4.90 Å². The number of rotatable bonds is 6. The number of hydrogen-bond acceptors (Lipinski definition) is 2. The van der Waals surface area contributed by atoms with Crippen LogP contribution in [0, 0.1) is 5.82 Å². The molecule has 0 aliphatic carbocycles. The number of nitrogens with zero attached hydrogens (tertiary/aromatic N) is 1. The Bertz CT molecular complexity index is 550. The lowest BCUT2D eigenvalue weighted by atomic mass is 10.1. The molecule has 0 aliphatic rings. The van der Waals surface area contributed by atoms with Crippen molar-refractivity contribution in [3.8, 4) is 0 Å². The van der Waals surface area contributed by atoms with Crippen molar-refractivity contribution >= 4 is 18.0 Å². The monoisotopic (exact) mass is 293 g/mol. The minimum absolute atomic E-state index is 0.0445. The molecule has 1 amide bonds. The SMILES string of the molecule is CCC(CC)N(C)C(=O)c1cc(C=CC(=O)O)ccc1F. The van der Waals surface area contributed by atoms with Gasteiger partial charge in [-0.05, 0) is 36.6 Å². The van der Waals surface area contributed by atoms with Gasteiger partial charge in [0.25, 0.3) is 5.91 Å². The highest BCUT2D eigenvalue weighted by molar-refractivity contribution is 5.95. The number of amides is 1. The van der Waals surface area contributed by atoms with E-state index in [1.807, 2.05) is 13.8 Å². The van der Waals surface area contributed by atoms with Crippen LogP contribution in [-0.4, -0.2) is 35.0 Å². The van der Waals surface area contributed by atoms with E-state index in [9.17, 15) is 14.0 Å². The summed E-state index contributed by atoms with van der Waals surface area (Å²) >= 11 is 0. The van der Waals surface area contributed by atoms with Crippen molar-refractivity contribution in [3.63, 3.8) is 0 Å². The molecule has 1 aromatic carbocycles. The minimum atomic E-state index is -1.10. The Kier molecular flexibility index (Phi) is 6.09. The molecule has 1 aromatic rings. The molecular weight excluding hydrogens is 273 g/mol. The molecule has 1 N–H and O–H groups in total. The number of aliphatic carboxylic acids is 1. The van der Waals surface area contributed by atoms with Crippen LogP contribution in [-0.2, 0) is 4.79 Å². The third-order valence-corrected chi connectivity index (χ3v) is 3.45. The van der Waals surface area contributed by atoms with E-state index in [1.54, 1.807) is 7.05 Å². The first kappa shape index (κ1) is 16.9. The highest BCUT2D eigenvalue weighted by Crippen LogP contribution is 2.17. The first-order valence-corrected chi connectivity index (χ1v) is 6.88. The smallest absolute Gasteiger partial charge is 0.328 e. The van der Waals surface area contributed by atoms with Gasteiger partial charge in [-0.1, -0.05) is 19.9 Å². The summed E-state index contributed by atoms with van der Waals surface area (Å²) in [6.07, 6.45) is 3.86. The molecule has 0 unspecified atom stereocenters. The molecule has 1 rings (SSSR count). The standard InChI is InChI=1S/C16H20FNO3/c1-4-12(5-2)18(3)16(21)13-10-11(6-8-14(13)17)7-9-15(19)20/h6-10,12H,4-5H2,1-3H3,(H,19,20). The molecule has 0 heterocycles. The first-order chi connectivity index (χ1) is 9.90. The molecule has 0 radical (unpaired) electrons. The van der Waals surface area contributed by atoms with Crippen molar-refractivity contribution in [1.29, 1.82) is 0 Å². The van der Waals surface area contributed by atoms with Crippen LogP contribution in [0.1, 0.15) is 42.6 Å². The zero-order chi connectivity index (χ0) is 16.0. The Balaban J connectivity index is 3.08. The van der Waals surface area contributed by atoms with Crippen LogP contribution in [0.5, 0.6) is 0 Å². The van der Waals surface area contributed by atoms with Crippen molar-refractivity contribution in [2.24, 2.45) is 0 Å². The van der Waals surface area contributed by atoms with E-state index < -0.39 is 17.7 Å². The second-order valence-corrected chi connectivity index (χ2v) is 4.80. The van der Waals surface area contributed by atoms with Crippen LogP contribution in [0.15, 0.2) is 24.3 Å². The van der Waals surface area contributed by atoms with E-state index >= 15 is 0 Å². The maximum atomic E-state index is 13.9. The topological polar surface area (TPSA) is 57.6 Å². The Hall–Kier alpha value is -2.17. The highest BCUT2D eigenvalue weighted by Gasteiger charge is 2.21. The molecule has 0 aliphatic heterocycles. The van der Waals surface area contributed by atoms with E-state index in [1.165, 1.54) is 29.2 Å². The Morgan fingerprint density at radius 1 is 1.33 bits per heavy atom. The molecule has 0 atom stereocenters. The average Bonchev–Trinajstić information content (AvgIpc) is 2.46. The molecule has 0 fully saturated rings. The summed E-state index contributed by atoms with van der Waals surface area (Å²) in [7, 11) is 1.65. The third kappa shape index (κ3) is 4.41. The van der Waals surface area contributed by atoms with E-state index in [0.717, 1.165) is 18.9 Å². The number of carboxylic acid groups (broad SMARTS) is 1. The van der Waals surface area contributed by atoms with E-state index in [-0.39, 0.29) is 11.6 Å². The van der Waals surface area contributed by atoms with Crippen molar-refractivity contribution < 1.29 is 19.1 Å². The second kappa shape index (κ2) is 7.57. The minimum Gasteiger partial charge on any atom is -0.478 e. The number of carboxylic acids is 1. The first-order valence-electron chi connectivity index (χ1n) is 6.88. The van der Waals surface area contributed by atoms with Crippen LogP contribution in [0.3, 0.4) is 0 Å². The molecular formula is C16H20FNO3. The molecule has 0 aromatic heterocycles. The number of halogens is 1. The summed E-state index contributed by atoms with van der Waals surface area (Å²) in [6, 6.07) is 4.03. The summed E-state index contributed by atoms with van der Waals surface area (Å²) < 4.78 is 13.9. The lowest BCUT2D eigenvalue weighted by Gasteiger charge is -2.26. The molecule has 5 heteroatoms. The summed E-state index contributed by atoms with van der Waals surface area (Å²) in [6.45, 7) is 3.95. The lowest BCUT2D eigenvalue weighted by molar-refractivity contribution is -0.131. The zero-order valence-electron chi connectivity index (χ0n) is 12.5. The van der Waals surface area contributed by atoms with Crippen molar-refractivity contribution in [2.45, 2.75) is 32.7 Å². The molecule has 4 nitrogen and oxygen atoms in total. The Labute approximate surface area is 123 Å². The molecule has 0 spiro atoms. The maximum Gasteiger partial charge on any atom is 0.328 e. The predicted molar refractivity (Wildman–Crippen MR) is 79.5 cm³/mol. The summed E-state index contributed by atoms with van der Waals surface area (Å²) in [4.78, 5) is 24.4. The van der Waals surface area contributed by atoms with Gasteiger partial charge in [0, 0.05) is 19.2 Å². The number of carbonyl (C=O) groups is 2. The van der Waals surface area contributed by atoms with Crippen molar-refractivity contribution in [2.75, 3.05) is 7.05 Å². The summed E-state index contributed by atoms with van der Waals surface area (Å²) in [5.74, 6) is -2.10. The van der Waals surface area contributed by atoms with E-state index in [0.29, 0.717) is 5.56 Å². The fourth-order valence-electron chi connectivity index (χ4n) is 2.17. The summed E-state index contributed by atoms with van der Waals surface area (Å²) in [5.41, 5.74) is 0.428. The average molecular weight is 293 g/mol. The normalized spacial score (nSPS) is 11.1. The molecule has 114 valence electrons. The van der Waals surface area contributed by atoms with Gasteiger partial charge in [-0.25, -0.2) is 9.18 Å². The van der Waals surface area contributed by atoms with Crippen molar-refractivity contribution in [3.05, 3.63) is 41.2 Å². The largest absolute Gasteiger partial charge is 0.478 e. The number of benzene rings is 1.